The van der Waals surface area contributed by atoms with E-state index in [4.69, 9.17) is 15.0 Å². The van der Waals surface area contributed by atoms with Crippen LogP contribution in [0.1, 0.15) is 20.9 Å². The summed E-state index contributed by atoms with van der Waals surface area (Å²) in [5, 5.41) is 8.77. The van der Waals surface area contributed by atoms with Gasteiger partial charge in [-0.3, -0.25) is 9.59 Å². The summed E-state index contributed by atoms with van der Waals surface area (Å²) in [6.07, 6.45) is 1.33. The predicted molar refractivity (Wildman–Crippen MR) is 128 cm³/mol. The van der Waals surface area contributed by atoms with E-state index in [0.717, 1.165) is 12.1 Å². The van der Waals surface area contributed by atoms with Gasteiger partial charge in [0.25, 0.3) is 11.8 Å². The van der Waals surface area contributed by atoms with Gasteiger partial charge in [-0.05, 0) is 59.0 Å². The van der Waals surface area contributed by atoms with Crippen molar-refractivity contribution >= 4 is 51.5 Å². The Morgan fingerprint density at radius 1 is 1.03 bits per heavy atom. The summed E-state index contributed by atoms with van der Waals surface area (Å²) in [4.78, 5) is 24.4. The second kappa shape index (κ2) is 9.87. The van der Waals surface area contributed by atoms with E-state index in [1.165, 1.54) is 36.5 Å². The number of nitrogens with two attached hydrogens (primary N) is 1. The van der Waals surface area contributed by atoms with Gasteiger partial charge in [0, 0.05) is 27.5 Å². The molecule has 0 saturated heterocycles. The summed E-state index contributed by atoms with van der Waals surface area (Å²) >= 11 is 1.95. The van der Waals surface area contributed by atoms with Gasteiger partial charge in [0.2, 0.25) is 5.76 Å². The molecule has 11 heteroatoms. The Bertz CT molecular complexity index is 1380. The van der Waals surface area contributed by atoms with Crippen molar-refractivity contribution in [2.75, 3.05) is 10.6 Å². The van der Waals surface area contributed by atoms with Crippen molar-refractivity contribution in [2.45, 2.75) is 0 Å². The molecule has 0 aliphatic heterocycles. The van der Waals surface area contributed by atoms with Crippen molar-refractivity contribution in [3.8, 4) is 11.5 Å². The summed E-state index contributed by atoms with van der Waals surface area (Å²) in [7, 11) is 0. The molecule has 4 rings (SSSR count). The van der Waals surface area contributed by atoms with E-state index < -0.39 is 23.4 Å². The van der Waals surface area contributed by atoms with Gasteiger partial charge in [0.1, 0.15) is 28.7 Å². The molecule has 2 amide bonds. The molecule has 3 aromatic carbocycles. The van der Waals surface area contributed by atoms with E-state index >= 15 is 0 Å². The first-order valence-electron chi connectivity index (χ1n) is 9.65. The highest BCUT2D eigenvalue weighted by molar-refractivity contribution is 14.1. The molecule has 0 unspecified atom stereocenters. The van der Waals surface area contributed by atoms with Crippen LogP contribution < -0.4 is 21.1 Å². The molecule has 0 fully saturated rings. The lowest BCUT2D eigenvalue weighted by atomic mass is 10.1. The fourth-order valence-corrected chi connectivity index (χ4v) is 3.49. The topological polar surface area (TPSA) is 119 Å². The van der Waals surface area contributed by atoms with E-state index in [0.29, 0.717) is 9.26 Å². The van der Waals surface area contributed by atoms with Gasteiger partial charge in [-0.15, -0.1) is 0 Å². The minimum Gasteiger partial charge on any atom is -0.456 e. The number of hydrogen-bond donors (Lipinski definition) is 3. The van der Waals surface area contributed by atoms with E-state index in [9.17, 15) is 18.4 Å². The van der Waals surface area contributed by atoms with E-state index in [2.05, 4.69) is 15.8 Å². The molecule has 172 valence electrons. The molecule has 8 nitrogen and oxygen atoms in total. The third kappa shape index (κ3) is 5.31. The van der Waals surface area contributed by atoms with Gasteiger partial charge < -0.3 is 25.6 Å². The Balaban J connectivity index is 1.64. The van der Waals surface area contributed by atoms with Crippen molar-refractivity contribution in [1.82, 2.24) is 5.16 Å². The molecule has 0 spiro atoms. The normalized spacial score (nSPS) is 10.6. The zero-order valence-electron chi connectivity index (χ0n) is 17.1. The Kier molecular flexibility index (Phi) is 6.72. The number of nitrogens with one attached hydrogen (secondary N) is 2. The van der Waals surface area contributed by atoms with Gasteiger partial charge in [-0.25, -0.2) is 8.78 Å². The average Bonchev–Trinajstić information content (AvgIpc) is 3.31. The van der Waals surface area contributed by atoms with Crippen LogP contribution in [0.4, 0.5) is 25.8 Å². The maximum Gasteiger partial charge on any atom is 0.294 e. The highest BCUT2D eigenvalue weighted by atomic mass is 127. The lowest BCUT2D eigenvalue weighted by Crippen LogP contribution is -2.15. The molecule has 4 aromatic rings. The van der Waals surface area contributed by atoms with Crippen molar-refractivity contribution in [2.24, 2.45) is 5.73 Å². The number of primary amides is 1. The molecule has 0 atom stereocenters. The Hall–Kier alpha value is -4.00. The lowest BCUT2D eigenvalue weighted by Gasteiger charge is -2.16. The Morgan fingerprint density at radius 3 is 2.56 bits per heavy atom. The second-order valence-electron chi connectivity index (χ2n) is 6.90. The van der Waals surface area contributed by atoms with Crippen molar-refractivity contribution in [1.29, 1.82) is 0 Å². The number of nitrogens with zero attached hydrogens (tertiary/aromatic N) is 1. The zero-order valence-corrected chi connectivity index (χ0v) is 19.3. The van der Waals surface area contributed by atoms with Crippen LogP contribution in [0.5, 0.6) is 11.5 Å². The molecule has 4 N–H and O–H groups in total. The third-order valence-corrected chi connectivity index (χ3v) is 5.17. The number of carbonyl (C=O) groups excluding carboxylic acids is 2. The molecule has 0 bridgehead atoms. The number of carbonyl (C=O) groups is 2. The van der Waals surface area contributed by atoms with Crippen LogP contribution in [0.15, 0.2) is 71.4 Å². The number of anilines is 3. The Morgan fingerprint density at radius 2 is 1.85 bits per heavy atom. The summed E-state index contributed by atoms with van der Waals surface area (Å²) in [5.74, 6) is -2.81. The number of halogens is 3. The van der Waals surface area contributed by atoms with E-state index in [1.54, 1.807) is 18.2 Å². The quantitative estimate of drug-likeness (QED) is 0.252. The SMILES string of the molecule is NC(=O)c1c(Nc2ccc(I)cc2F)cc(F)cc1Oc1cccc(NC(=O)c2ccno2)c1. The first-order chi connectivity index (χ1) is 16.3. The number of rotatable bonds is 7. The molecular weight excluding hydrogens is 561 g/mol. The average molecular weight is 576 g/mol. The summed E-state index contributed by atoms with van der Waals surface area (Å²) in [6, 6.07) is 13.9. The summed E-state index contributed by atoms with van der Waals surface area (Å²) in [5.41, 5.74) is 5.65. The van der Waals surface area contributed by atoms with Crippen LogP contribution in [0.2, 0.25) is 0 Å². The first kappa shape index (κ1) is 23.2. The second-order valence-corrected chi connectivity index (χ2v) is 8.15. The van der Waals surface area contributed by atoms with E-state index in [1.807, 2.05) is 22.6 Å². The molecule has 0 aliphatic carbocycles. The van der Waals surface area contributed by atoms with Crippen LogP contribution in [-0.2, 0) is 0 Å². The molecule has 1 aromatic heterocycles. The molecule has 1 heterocycles. The number of amides is 2. The number of aromatic nitrogens is 1. The molecule has 34 heavy (non-hydrogen) atoms. The first-order valence-corrected chi connectivity index (χ1v) is 10.7. The Labute approximate surface area is 205 Å². The minimum absolute atomic E-state index is 0.00557. The minimum atomic E-state index is -0.918. The molecule has 0 aliphatic rings. The van der Waals surface area contributed by atoms with Crippen LogP contribution in [0.3, 0.4) is 0 Å². The fourth-order valence-electron chi connectivity index (χ4n) is 3.04. The van der Waals surface area contributed by atoms with Crippen LogP contribution >= 0.6 is 22.6 Å². The molecule has 0 saturated carbocycles. The van der Waals surface area contributed by atoms with Crippen LogP contribution in [-0.4, -0.2) is 17.0 Å². The van der Waals surface area contributed by atoms with Gasteiger partial charge in [-0.2, -0.15) is 0 Å². The lowest BCUT2D eigenvalue weighted by molar-refractivity contribution is 0.0984. The van der Waals surface area contributed by atoms with Gasteiger partial charge >= 0.3 is 0 Å². The number of ether oxygens (including phenoxy) is 1. The molecule has 0 radical (unpaired) electrons. The highest BCUT2D eigenvalue weighted by Crippen LogP contribution is 2.35. The van der Waals surface area contributed by atoms with Crippen molar-refractivity contribution in [3.63, 3.8) is 0 Å². The van der Waals surface area contributed by atoms with Gasteiger partial charge in [-0.1, -0.05) is 11.2 Å². The zero-order chi connectivity index (χ0) is 24.2. The smallest absolute Gasteiger partial charge is 0.294 e. The fraction of sp³-hybridized carbons (Fsp3) is 0. The maximum absolute atomic E-state index is 14.4. The monoisotopic (exact) mass is 576 g/mol. The largest absolute Gasteiger partial charge is 0.456 e. The van der Waals surface area contributed by atoms with Gasteiger partial charge in [0.15, 0.2) is 0 Å². The standard InChI is InChI=1S/C23H15F2IN4O4/c24-12-8-18(30-17-5-4-13(26)10-16(17)25)21(22(27)31)20(9-12)33-15-3-1-2-14(11-15)29-23(32)19-6-7-28-34-19/h1-11,30H,(H2,27,31)(H,29,32). The highest BCUT2D eigenvalue weighted by Gasteiger charge is 2.20. The van der Waals surface area contributed by atoms with E-state index in [-0.39, 0.29) is 34.2 Å². The van der Waals surface area contributed by atoms with Gasteiger partial charge in [0.05, 0.1) is 17.6 Å². The maximum atomic E-state index is 14.4. The summed E-state index contributed by atoms with van der Waals surface area (Å²) < 4.78 is 39.9. The van der Waals surface area contributed by atoms with Crippen molar-refractivity contribution in [3.05, 3.63) is 93.4 Å². The third-order valence-electron chi connectivity index (χ3n) is 4.50. The summed E-state index contributed by atoms with van der Waals surface area (Å²) in [6.45, 7) is 0. The number of benzene rings is 3. The predicted octanol–water partition coefficient (Wildman–Crippen LogP) is 5.44. The van der Waals surface area contributed by atoms with Crippen LogP contribution in [0, 0.1) is 15.2 Å². The molecular formula is C23H15F2IN4O4. The number of hydrogen-bond acceptors (Lipinski definition) is 6. The van der Waals surface area contributed by atoms with Crippen LogP contribution in [0.25, 0.3) is 0 Å². The van der Waals surface area contributed by atoms with Crippen molar-refractivity contribution < 1.29 is 27.6 Å².